The highest BCUT2D eigenvalue weighted by Gasteiger charge is 2.41. The maximum Gasteiger partial charge on any atom is 0.485 e. The van der Waals surface area contributed by atoms with Crippen molar-refractivity contribution in [3.63, 3.8) is 0 Å². The van der Waals surface area contributed by atoms with Gasteiger partial charge >= 0.3 is 6.29 Å². The molecule has 0 aromatic carbocycles. The van der Waals surface area contributed by atoms with E-state index in [0.29, 0.717) is 5.92 Å². The molecule has 104 valence electrons. The zero-order chi connectivity index (χ0) is 13.0. The molecule has 1 aliphatic heterocycles. The summed E-state index contributed by atoms with van der Waals surface area (Å²) in [7, 11) is 0. The van der Waals surface area contributed by atoms with Crippen molar-refractivity contribution in [2.75, 3.05) is 13.2 Å². The molecule has 2 nitrogen and oxygen atoms in total. The first kappa shape index (κ1) is 13.9. The molecule has 0 unspecified atom stereocenters. The fourth-order valence-electron chi connectivity index (χ4n) is 3.07. The van der Waals surface area contributed by atoms with Crippen LogP contribution in [0.2, 0.25) is 0 Å². The monoisotopic (exact) mass is 260 g/mol. The molecule has 18 heavy (non-hydrogen) atoms. The van der Waals surface area contributed by atoms with E-state index in [4.69, 9.17) is 0 Å². The highest BCUT2D eigenvalue weighted by atomic mass is 19.3. The summed E-state index contributed by atoms with van der Waals surface area (Å²) >= 11 is 0. The van der Waals surface area contributed by atoms with Crippen LogP contribution in [-0.4, -0.2) is 19.5 Å². The van der Waals surface area contributed by atoms with Crippen molar-refractivity contribution in [1.82, 2.24) is 0 Å². The number of allylic oxidation sites excluding steroid dienone is 1. The number of halogens is 2. The van der Waals surface area contributed by atoms with Crippen LogP contribution in [0.4, 0.5) is 8.78 Å². The third-order valence-electron chi connectivity index (χ3n) is 4.27. The summed E-state index contributed by atoms with van der Waals surface area (Å²) in [6, 6.07) is 0. The van der Waals surface area contributed by atoms with Gasteiger partial charge in [0, 0.05) is 5.92 Å². The van der Waals surface area contributed by atoms with Gasteiger partial charge in [-0.1, -0.05) is 18.9 Å². The number of ether oxygens (including phenoxy) is 2. The van der Waals surface area contributed by atoms with E-state index < -0.39 is 6.29 Å². The molecule has 2 aliphatic rings. The summed E-state index contributed by atoms with van der Waals surface area (Å²) in [5.41, 5.74) is 0. The Kier molecular flexibility index (Phi) is 4.73. The lowest BCUT2D eigenvalue weighted by molar-refractivity contribution is -0.423. The molecule has 2 fully saturated rings. The van der Waals surface area contributed by atoms with E-state index in [-0.39, 0.29) is 19.1 Å². The van der Waals surface area contributed by atoms with E-state index in [0.717, 1.165) is 25.2 Å². The van der Waals surface area contributed by atoms with Crippen LogP contribution in [0.3, 0.4) is 0 Å². The van der Waals surface area contributed by atoms with Crippen LogP contribution >= 0.6 is 0 Å². The normalized spacial score (nSPS) is 33.2. The largest absolute Gasteiger partial charge is 0.485 e. The van der Waals surface area contributed by atoms with Crippen molar-refractivity contribution < 1.29 is 18.3 Å². The highest BCUT2D eigenvalue weighted by Crippen LogP contribution is 2.38. The van der Waals surface area contributed by atoms with Gasteiger partial charge in [-0.3, -0.25) is 9.47 Å². The zero-order valence-electron chi connectivity index (χ0n) is 10.7. The van der Waals surface area contributed by atoms with Gasteiger partial charge in [0.2, 0.25) is 0 Å². The standard InChI is InChI=1S/C14H22F2O2/c1-2-3-4-11-5-7-12(8-6-11)13-9-17-14(15,16)18-10-13/h2,11-13H,1,3-10H2. The summed E-state index contributed by atoms with van der Waals surface area (Å²) in [6.07, 6.45) is 5.53. The van der Waals surface area contributed by atoms with Crippen LogP contribution in [0.1, 0.15) is 38.5 Å². The van der Waals surface area contributed by atoms with Gasteiger partial charge in [0.1, 0.15) is 0 Å². The first-order valence-electron chi connectivity index (χ1n) is 6.87. The molecule has 0 atom stereocenters. The van der Waals surface area contributed by atoms with Crippen molar-refractivity contribution in [3.8, 4) is 0 Å². The second-order valence-electron chi connectivity index (χ2n) is 5.49. The smallest absolute Gasteiger partial charge is 0.295 e. The highest BCUT2D eigenvalue weighted by molar-refractivity contribution is 4.80. The minimum atomic E-state index is -3.36. The van der Waals surface area contributed by atoms with Crippen molar-refractivity contribution in [1.29, 1.82) is 0 Å². The number of hydrogen-bond acceptors (Lipinski definition) is 2. The maximum absolute atomic E-state index is 12.7. The lowest BCUT2D eigenvalue weighted by atomic mass is 9.75. The minimum Gasteiger partial charge on any atom is -0.295 e. The second-order valence-corrected chi connectivity index (χ2v) is 5.49. The molecule has 1 heterocycles. The Hall–Kier alpha value is -0.480. The molecule has 0 amide bonds. The van der Waals surface area contributed by atoms with Crippen LogP contribution in [0.15, 0.2) is 12.7 Å². The van der Waals surface area contributed by atoms with Gasteiger partial charge in [-0.15, -0.1) is 15.4 Å². The minimum absolute atomic E-state index is 0.134. The van der Waals surface area contributed by atoms with Gasteiger partial charge in [0.15, 0.2) is 0 Å². The first-order valence-corrected chi connectivity index (χ1v) is 6.87. The molecule has 0 aromatic rings. The van der Waals surface area contributed by atoms with Crippen LogP contribution < -0.4 is 0 Å². The molecule has 0 aromatic heterocycles. The summed E-state index contributed by atoms with van der Waals surface area (Å²) < 4.78 is 34.3. The van der Waals surface area contributed by atoms with E-state index >= 15 is 0 Å². The van der Waals surface area contributed by atoms with E-state index in [9.17, 15) is 8.78 Å². The third kappa shape index (κ3) is 3.75. The van der Waals surface area contributed by atoms with Gasteiger partial charge in [-0.05, 0) is 37.5 Å². The predicted octanol–water partition coefficient (Wildman–Crippen LogP) is 3.97. The van der Waals surface area contributed by atoms with Gasteiger partial charge < -0.3 is 0 Å². The predicted molar refractivity (Wildman–Crippen MR) is 65.2 cm³/mol. The molecule has 0 spiro atoms. The first-order chi connectivity index (χ1) is 8.61. The molecule has 2 rings (SSSR count). The molecule has 4 heteroatoms. The van der Waals surface area contributed by atoms with Crippen molar-refractivity contribution in [2.24, 2.45) is 17.8 Å². The van der Waals surface area contributed by atoms with E-state index in [1.54, 1.807) is 0 Å². The van der Waals surface area contributed by atoms with Crippen molar-refractivity contribution >= 4 is 0 Å². The molecule has 0 radical (unpaired) electrons. The molecule has 1 saturated carbocycles. The fourth-order valence-corrected chi connectivity index (χ4v) is 3.07. The Morgan fingerprint density at radius 3 is 2.22 bits per heavy atom. The Morgan fingerprint density at radius 2 is 1.67 bits per heavy atom. The van der Waals surface area contributed by atoms with Gasteiger partial charge in [-0.25, -0.2) is 0 Å². The van der Waals surface area contributed by atoms with Crippen LogP contribution in [0.25, 0.3) is 0 Å². The molecular formula is C14H22F2O2. The van der Waals surface area contributed by atoms with Crippen LogP contribution in [-0.2, 0) is 9.47 Å². The van der Waals surface area contributed by atoms with Crippen LogP contribution in [0, 0.1) is 17.8 Å². The Balaban J connectivity index is 1.72. The summed E-state index contributed by atoms with van der Waals surface area (Å²) in [5.74, 6) is 1.41. The van der Waals surface area contributed by atoms with E-state index in [1.165, 1.54) is 19.3 Å². The van der Waals surface area contributed by atoms with Gasteiger partial charge in [0.05, 0.1) is 13.2 Å². The quantitative estimate of drug-likeness (QED) is 0.712. The second kappa shape index (κ2) is 6.11. The fraction of sp³-hybridized carbons (Fsp3) is 0.857. The lowest BCUT2D eigenvalue weighted by Gasteiger charge is -2.37. The summed E-state index contributed by atoms with van der Waals surface area (Å²) in [5, 5.41) is 0. The van der Waals surface area contributed by atoms with E-state index in [2.05, 4.69) is 16.1 Å². The van der Waals surface area contributed by atoms with Crippen molar-refractivity contribution in [2.45, 2.75) is 44.8 Å². The SMILES string of the molecule is C=CCCC1CCC(C2COC(F)(F)OC2)CC1. The van der Waals surface area contributed by atoms with Crippen LogP contribution in [0.5, 0.6) is 0 Å². The zero-order valence-corrected chi connectivity index (χ0v) is 10.7. The average molecular weight is 260 g/mol. The van der Waals surface area contributed by atoms with Gasteiger partial charge in [-0.2, -0.15) is 0 Å². The number of rotatable bonds is 4. The Morgan fingerprint density at radius 1 is 1.06 bits per heavy atom. The number of hydrogen-bond donors (Lipinski definition) is 0. The Bertz CT molecular complexity index is 263. The van der Waals surface area contributed by atoms with Crippen molar-refractivity contribution in [3.05, 3.63) is 12.7 Å². The molecular weight excluding hydrogens is 238 g/mol. The Labute approximate surface area is 107 Å². The molecule has 0 bridgehead atoms. The number of alkyl halides is 2. The third-order valence-corrected chi connectivity index (χ3v) is 4.27. The topological polar surface area (TPSA) is 18.5 Å². The lowest BCUT2D eigenvalue weighted by Crippen LogP contribution is -2.40. The maximum atomic E-state index is 12.7. The average Bonchev–Trinajstić information content (AvgIpc) is 2.37. The molecule has 1 aliphatic carbocycles. The molecule has 0 N–H and O–H groups in total. The van der Waals surface area contributed by atoms with Gasteiger partial charge in [0.25, 0.3) is 0 Å². The molecule has 1 saturated heterocycles. The summed E-state index contributed by atoms with van der Waals surface area (Å²) in [6.45, 7) is 4.01. The van der Waals surface area contributed by atoms with E-state index in [1.807, 2.05) is 6.08 Å². The summed E-state index contributed by atoms with van der Waals surface area (Å²) in [4.78, 5) is 0.